The van der Waals surface area contributed by atoms with Gasteiger partial charge in [0.25, 0.3) is 0 Å². The quantitative estimate of drug-likeness (QED) is 0.832. The summed E-state index contributed by atoms with van der Waals surface area (Å²) in [6, 6.07) is 9.17. The fourth-order valence-corrected chi connectivity index (χ4v) is 3.22. The highest BCUT2D eigenvalue weighted by Crippen LogP contribution is 2.40. The Balaban J connectivity index is 1.74. The molecule has 2 heterocycles. The number of dihydropyridines is 1. The van der Waals surface area contributed by atoms with Gasteiger partial charge in [0, 0.05) is 29.2 Å². The monoisotopic (exact) mass is 332 g/mol. The molecular formula is C22H21FN2. The average Bonchev–Trinajstić information content (AvgIpc) is 3.32. The van der Waals surface area contributed by atoms with Gasteiger partial charge in [0.1, 0.15) is 5.82 Å². The molecule has 1 fully saturated rings. The molecule has 126 valence electrons. The summed E-state index contributed by atoms with van der Waals surface area (Å²) in [5, 5.41) is 3.32. The van der Waals surface area contributed by atoms with Crippen molar-refractivity contribution in [2.24, 2.45) is 11.8 Å². The molecule has 0 bridgehead atoms. The summed E-state index contributed by atoms with van der Waals surface area (Å²) in [6.45, 7) is 4.06. The van der Waals surface area contributed by atoms with Gasteiger partial charge in [0.15, 0.2) is 0 Å². The third-order valence-corrected chi connectivity index (χ3v) is 4.94. The first kappa shape index (κ1) is 15.8. The van der Waals surface area contributed by atoms with Crippen molar-refractivity contribution < 1.29 is 4.39 Å². The zero-order valence-electron chi connectivity index (χ0n) is 14.5. The van der Waals surface area contributed by atoms with E-state index >= 15 is 0 Å². The molecule has 1 saturated carbocycles. The minimum absolute atomic E-state index is 0.189. The van der Waals surface area contributed by atoms with Crippen LogP contribution in [0.25, 0.3) is 16.8 Å². The maximum atomic E-state index is 13.6. The lowest BCUT2D eigenvalue weighted by Gasteiger charge is -2.15. The number of rotatable bonds is 3. The second-order valence-electron chi connectivity index (χ2n) is 6.94. The predicted octanol–water partition coefficient (Wildman–Crippen LogP) is 5.24. The Morgan fingerprint density at radius 1 is 1.28 bits per heavy atom. The van der Waals surface area contributed by atoms with Gasteiger partial charge in [-0.3, -0.25) is 4.98 Å². The lowest BCUT2D eigenvalue weighted by molar-refractivity contribution is 0.619. The summed E-state index contributed by atoms with van der Waals surface area (Å²) in [5.41, 5.74) is 5.75. The van der Waals surface area contributed by atoms with E-state index in [1.54, 1.807) is 19.2 Å². The molecule has 2 nitrogen and oxygen atoms in total. The average molecular weight is 332 g/mol. The number of nitrogens with one attached hydrogen (secondary N) is 1. The molecule has 25 heavy (non-hydrogen) atoms. The van der Waals surface area contributed by atoms with Crippen LogP contribution in [0.2, 0.25) is 0 Å². The Bertz CT molecular complexity index is 908. The van der Waals surface area contributed by atoms with E-state index < -0.39 is 0 Å². The SMILES string of the molecule is Cc1cc(-c2ncccc2C2=C/C(=C/[C@H]3CC3C)NC=C2)ccc1F. The van der Waals surface area contributed by atoms with Gasteiger partial charge in [-0.1, -0.05) is 19.1 Å². The molecule has 1 unspecified atom stereocenters. The van der Waals surface area contributed by atoms with Gasteiger partial charge in [-0.15, -0.1) is 0 Å². The molecular weight excluding hydrogens is 311 g/mol. The Hall–Kier alpha value is -2.68. The summed E-state index contributed by atoms with van der Waals surface area (Å²) < 4.78 is 13.6. The molecule has 1 aromatic carbocycles. The van der Waals surface area contributed by atoms with Crippen LogP contribution in [0.1, 0.15) is 24.5 Å². The van der Waals surface area contributed by atoms with Crippen molar-refractivity contribution in [3.05, 3.63) is 83.6 Å². The number of aromatic nitrogens is 1. The van der Waals surface area contributed by atoms with Gasteiger partial charge in [-0.25, -0.2) is 4.39 Å². The largest absolute Gasteiger partial charge is 0.362 e. The molecule has 1 aliphatic carbocycles. The van der Waals surface area contributed by atoms with Crippen molar-refractivity contribution in [2.75, 3.05) is 0 Å². The highest BCUT2D eigenvalue weighted by atomic mass is 19.1. The molecule has 1 aromatic heterocycles. The third-order valence-electron chi connectivity index (χ3n) is 4.94. The number of allylic oxidation sites excluding steroid dienone is 4. The normalized spacial score (nSPS) is 23.3. The number of halogens is 1. The topological polar surface area (TPSA) is 24.9 Å². The van der Waals surface area contributed by atoms with Gasteiger partial charge in [0.2, 0.25) is 0 Å². The zero-order valence-corrected chi connectivity index (χ0v) is 14.5. The molecule has 2 aromatic rings. The van der Waals surface area contributed by atoms with Gasteiger partial charge < -0.3 is 5.32 Å². The predicted molar refractivity (Wildman–Crippen MR) is 100.0 cm³/mol. The van der Waals surface area contributed by atoms with Crippen molar-refractivity contribution in [1.82, 2.24) is 10.3 Å². The van der Waals surface area contributed by atoms with E-state index in [2.05, 4.69) is 41.5 Å². The van der Waals surface area contributed by atoms with E-state index in [-0.39, 0.29) is 5.82 Å². The van der Waals surface area contributed by atoms with Gasteiger partial charge in [-0.05, 0) is 72.7 Å². The maximum absolute atomic E-state index is 13.6. The van der Waals surface area contributed by atoms with Crippen LogP contribution in [-0.2, 0) is 0 Å². The molecule has 1 N–H and O–H groups in total. The van der Waals surface area contributed by atoms with Gasteiger partial charge >= 0.3 is 0 Å². The molecule has 2 atom stereocenters. The lowest BCUT2D eigenvalue weighted by atomic mass is 9.96. The van der Waals surface area contributed by atoms with Gasteiger partial charge in [0.05, 0.1) is 5.69 Å². The van der Waals surface area contributed by atoms with Crippen molar-refractivity contribution >= 4 is 5.57 Å². The van der Waals surface area contributed by atoms with Crippen molar-refractivity contribution in [3.63, 3.8) is 0 Å². The van der Waals surface area contributed by atoms with Crippen LogP contribution < -0.4 is 5.32 Å². The van der Waals surface area contributed by atoms with Crippen LogP contribution in [0.5, 0.6) is 0 Å². The van der Waals surface area contributed by atoms with Crippen LogP contribution in [0.4, 0.5) is 4.39 Å². The van der Waals surface area contributed by atoms with Crippen LogP contribution in [0.3, 0.4) is 0 Å². The number of aryl methyl sites for hydroxylation is 1. The number of hydrogen-bond acceptors (Lipinski definition) is 2. The second kappa shape index (κ2) is 6.32. The first-order valence-electron chi connectivity index (χ1n) is 8.70. The molecule has 4 rings (SSSR count). The molecule has 2 aliphatic rings. The highest BCUT2D eigenvalue weighted by Gasteiger charge is 2.30. The van der Waals surface area contributed by atoms with Crippen LogP contribution in [-0.4, -0.2) is 4.98 Å². The smallest absolute Gasteiger partial charge is 0.126 e. The van der Waals surface area contributed by atoms with E-state index in [1.807, 2.05) is 18.3 Å². The number of benzene rings is 1. The van der Waals surface area contributed by atoms with E-state index in [0.29, 0.717) is 11.5 Å². The summed E-state index contributed by atoms with van der Waals surface area (Å²) in [4.78, 5) is 4.57. The summed E-state index contributed by atoms with van der Waals surface area (Å²) >= 11 is 0. The van der Waals surface area contributed by atoms with Crippen LogP contribution in [0, 0.1) is 24.6 Å². The number of hydrogen-bond donors (Lipinski definition) is 1. The Labute approximate surface area is 147 Å². The van der Waals surface area contributed by atoms with Crippen molar-refractivity contribution in [3.8, 4) is 11.3 Å². The lowest BCUT2D eigenvalue weighted by Crippen LogP contribution is -2.08. The first-order valence-corrected chi connectivity index (χ1v) is 8.70. The van der Waals surface area contributed by atoms with E-state index in [4.69, 9.17) is 0 Å². The zero-order chi connectivity index (χ0) is 17.4. The van der Waals surface area contributed by atoms with Gasteiger partial charge in [-0.2, -0.15) is 0 Å². The molecule has 3 heteroatoms. The van der Waals surface area contributed by atoms with E-state index in [9.17, 15) is 4.39 Å². The number of nitrogens with zero attached hydrogens (tertiary/aromatic N) is 1. The maximum Gasteiger partial charge on any atom is 0.126 e. The molecule has 0 radical (unpaired) electrons. The fraction of sp³-hybridized carbons (Fsp3) is 0.227. The summed E-state index contributed by atoms with van der Waals surface area (Å²) in [5.74, 6) is 1.28. The first-order chi connectivity index (χ1) is 12.1. The van der Waals surface area contributed by atoms with E-state index in [1.165, 1.54) is 12.5 Å². The Kier molecular flexibility index (Phi) is 4.00. The standard InChI is InChI=1S/C22H21FN2/c1-14-10-18(14)13-19-12-16(7-9-24-19)20-4-3-8-25-22(20)17-5-6-21(23)15(2)11-17/h3-9,11-14,18,24H,10H2,1-2H3/b19-13-/t14?,18-/m1/s1. The highest BCUT2D eigenvalue weighted by molar-refractivity contribution is 5.85. The molecule has 1 aliphatic heterocycles. The second-order valence-corrected chi connectivity index (χ2v) is 6.94. The fourth-order valence-electron chi connectivity index (χ4n) is 3.22. The summed E-state index contributed by atoms with van der Waals surface area (Å²) in [6.07, 6.45) is 11.6. The molecule has 0 spiro atoms. The minimum Gasteiger partial charge on any atom is -0.362 e. The Morgan fingerprint density at radius 2 is 2.12 bits per heavy atom. The Morgan fingerprint density at radius 3 is 2.88 bits per heavy atom. The van der Waals surface area contributed by atoms with E-state index in [0.717, 1.165) is 34.0 Å². The molecule has 0 amide bonds. The van der Waals surface area contributed by atoms with Crippen LogP contribution >= 0.6 is 0 Å². The number of pyridine rings is 1. The van der Waals surface area contributed by atoms with Crippen molar-refractivity contribution in [1.29, 1.82) is 0 Å². The minimum atomic E-state index is -0.189. The third kappa shape index (κ3) is 3.27. The van der Waals surface area contributed by atoms with Crippen molar-refractivity contribution in [2.45, 2.75) is 20.3 Å². The molecule has 0 saturated heterocycles. The van der Waals surface area contributed by atoms with Crippen LogP contribution in [0.15, 0.2) is 66.7 Å². The summed E-state index contributed by atoms with van der Waals surface area (Å²) in [7, 11) is 0.